The minimum atomic E-state index is -5.26. The van der Waals surface area contributed by atoms with Gasteiger partial charge in [0, 0.05) is 41.7 Å². The molecule has 0 saturated carbocycles. The van der Waals surface area contributed by atoms with E-state index in [4.69, 9.17) is 42.8 Å². The van der Waals surface area contributed by atoms with Crippen LogP contribution < -0.4 is 26.5 Å². The molecule has 0 spiro atoms. The van der Waals surface area contributed by atoms with Crippen LogP contribution in [-0.4, -0.2) is 89.9 Å². The zero-order chi connectivity index (χ0) is 49.4. The Balaban J connectivity index is 0.976. The Morgan fingerprint density at radius 3 is 2.16 bits per heavy atom. The number of nitrogens with two attached hydrogens (primary N) is 1. The van der Waals surface area contributed by atoms with Gasteiger partial charge in [0.2, 0.25) is 0 Å². The number of aromatic amines is 1. The number of nitrogens with zero attached hydrogens (tertiary/aromatic N) is 5. The van der Waals surface area contributed by atoms with Crippen LogP contribution in [0, 0.1) is 59.4 Å². The summed E-state index contributed by atoms with van der Waals surface area (Å²) in [6.45, 7) is -4.83. The standard InChI is InChI=1S/C44H33F2N7O14P2S/c1-2-3-4-5-6-7-8-9-10-21-60-29-17-13-28(14-18-29)43(55)63-30-15-11-27(12-16-30)24-70-69(59)62-23-32-37(34(45)42(65-32)53-26-50-36-39(47)48-25-49-40(36)53)66-68(57,58)61-22-31-38(67-69)35(46)41(64-31)52-20-19-33(54)51-44(52)56/h11-20,25-26,31-32,34-35,37-38,41-42H,22-24H2,1H3,(H,57,58)(H2,47,48,49)(H,51,54,56)/t31-,32-,34-,35-,37-,38-,41-,42-,69-/m1/s1. The number of benzene rings is 2. The second-order valence-electron chi connectivity index (χ2n) is 14.6. The molecule has 358 valence electrons. The first-order valence-electron chi connectivity index (χ1n) is 20.3. The van der Waals surface area contributed by atoms with Crippen LogP contribution >= 0.6 is 26.0 Å². The van der Waals surface area contributed by atoms with E-state index < -0.39 is 94.3 Å². The van der Waals surface area contributed by atoms with Crippen LogP contribution in [0.5, 0.6) is 11.5 Å². The van der Waals surface area contributed by atoms with Crippen LogP contribution in [0.1, 0.15) is 35.3 Å². The van der Waals surface area contributed by atoms with E-state index in [0.717, 1.165) is 29.5 Å². The Kier molecular flexibility index (Phi) is 15.3. The van der Waals surface area contributed by atoms with Gasteiger partial charge in [-0.15, -0.1) is 0 Å². The predicted octanol–water partition coefficient (Wildman–Crippen LogP) is 3.98. The molecule has 0 aliphatic carbocycles. The molecule has 10 atom stereocenters. The van der Waals surface area contributed by atoms with Gasteiger partial charge in [-0.3, -0.25) is 37.0 Å². The molecule has 3 aromatic heterocycles. The molecule has 70 heavy (non-hydrogen) atoms. The van der Waals surface area contributed by atoms with E-state index in [1.807, 2.05) is 4.98 Å². The quantitative estimate of drug-likeness (QED) is 0.0858. The number of alkyl halides is 2. The fraction of sp³-hybridized carbons (Fsp3) is 0.273. The maximum absolute atomic E-state index is 16.5. The van der Waals surface area contributed by atoms with Crippen molar-refractivity contribution in [2.45, 2.75) is 61.9 Å². The van der Waals surface area contributed by atoms with Crippen LogP contribution in [0.15, 0.2) is 83.0 Å². The molecule has 3 aliphatic rings. The number of hydrogen-bond acceptors (Lipinski definition) is 18. The lowest BCUT2D eigenvalue weighted by molar-refractivity contribution is -0.0619. The molecule has 6 heterocycles. The third-order valence-electron chi connectivity index (χ3n) is 10.0. The Morgan fingerprint density at radius 1 is 0.843 bits per heavy atom. The average Bonchev–Trinajstić information content (AvgIpc) is 4.00. The number of nitrogen functional groups attached to an aromatic ring is 1. The van der Waals surface area contributed by atoms with Crippen LogP contribution in [0.2, 0.25) is 0 Å². The number of phosphoric ester groups is 1. The summed E-state index contributed by atoms with van der Waals surface area (Å²) in [5, 5.41) is 0. The van der Waals surface area contributed by atoms with Crippen LogP contribution in [0.3, 0.4) is 0 Å². The Hall–Kier alpha value is -7.07. The summed E-state index contributed by atoms with van der Waals surface area (Å²) in [7, 11) is -5.26. The van der Waals surface area contributed by atoms with Gasteiger partial charge in [0.1, 0.15) is 53.9 Å². The van der Waals surface area contributed by atoms with E-state index >= 15 is 8.78 Å². The highest BCUT2D eigenvalue weighted by molar-refractivity contribution is 8.54. The third kappa shape index (κ3) is 11.7. The number of aromatic nitrogens is 6. The zero-order valence-electron chi connectivity index (χ0n) is 35.8. The maximum atomic E-state index is 16.5. The van der Waals surface area contributed by atoms with E-state index in [1.165, 1.54) is 48.5 Å². The second-order valence-corrected chi connectivity index (χ2v) is 20.0. The van der Waals surface area contributed by atoms with Crippen molar-refractivity contribution in [1.29, 1.82) is 0 Å². The topological polar surface area (TPSA) is 270 Å². The summed E-state index contributed by atoms with van der Waals surface area (Å²) in [6.07, 6.45) is -9.57. The first kappa shape index (κ1) is 49.4. The molecule has 3 saturated heterocycles. The minimum absolute atomic E-state index is 0.0266. The monoisotopic (exact) mass is 1020 g/mol. The lowest BCUT2D eigenvalue weighted by atomic mass is 10.1. The highest BCUT2D eigenvalue weighted by atomic mass is 32.7. The number of H-pyrrole nitrogens is 1. The normalized spacial score (nSPS) is 27.0. The van der Waals surface area contributed by atoms with Crippen molar-refractivity contribution >= 4 is 49.0 Å². The van der Waals surface area contributed by atoms with Gasteiger partial charge in [-0.2, -0.15) is 0 Å². The number of carbonyl (C=O) groups is 1. The van der Waals surface area contributed by atoms with Crippen molar-refractivity contribution < 1.29 is 64.6 Å². The Morgan fingerprint density at radius 2 is 1.47 bits per heavy atom. The number of phosphoric acid groups is 1. The summed E-state index contributed by atoms with van der Waals surface area (Å²) < 4.78 is 108. The number of carbonyl (C=O) groups excluding carboxylic acids is 1. The number of nitrogens with one attached hydrogen (secondary N) is 1. The van der Waals surface area contributed by atoms with Gasteiger partial charge in [-0.25, -0.2) is 42.5 Å². The van der Waals surface area contributed by atoms with Crippen molar-refractivity contribution in [1.82, 2.24) is 29.1 Å². The first-order chi connectivity index (χ1) is 33.7. The number of esters is 1. The Bertz CT molecular complexity index is 3360. The molecular weight excluding hydrogens is 983 g/mol. The molecule has 0 bridgehead atoms. The number of anilines is 1. The van der Waals surface area contributed by atoms with Gasteiger partial charge < -0.3 is 29.6 Å². The number of imidazole rings is 1. The van der Waals surface area contributed by atoms with Crippen LogP contribution in [0.25, 0.3) is 11.2 Å². The van der Waals surface area contributed by atoms with Crippen LogP contribution in [-0.2, 0) is 42.5 Å². The highest BCUT2D eigenvalue weighted by Gasteiger charge is 2.55. The average molecular weight is 1020 g/mol. The van der Waals surface area contributed by atoms with E-state index in [2.05, 4.69) is 74.3 Å². The molecule has 0 amide bonds. The summed E-state index contributed by atoms with van der Waals surface area (Å²) in [6, 6.07) is 12.8. The zero-order valence-corrected chi connectivity index (χ0v) is 38.4. The molecule has 21 nitrogen and oxygen atoms in total. The lowest BCUT2D eigenvalue weighted by Gasteiger charge is -2.29. The molecule has 3 aliphatic heterocycles. The summed E-state index contributed by atoms with van der Waals surface area (Å²) >= 11 is 0.565. The third-order valence-corrected chi connectivity index (χ3v) is 14.7. The molecule has 8 rings (SSSR count). The van der Waals surface area contributed by atoms with E-state index in [9.17, 15) is 28.4 Å². The van der Waals surface area contributed by atoms with E-state index in [-0.39, 0.29) is 34.0 Å². The van der Waals surface area contributed by atoms with Gasteiger partial charge >= 0.3 is 26.3 Å². The van der Waals surface area contributed by atoms with Crippen molar-refractivity contribution in [2.24, 2.45) is 0 Å². The number of fused-ring (bicyclic) bond motifs is 3. The van der Waals surface area contributed by atoms with Gasteiger partial charge in [-0.05, 0) is 83.9 Å². The van der Waals surface area contributed by atoms with Gasteiger partial charge in [0.25, 0.3) is 5.56 Å². The van der Waals surface area contributed by atoms with Crippen molar-refractivity contribution in [2.75, 3.05) is 18.9 Å². The molecule has 5 aromatic rings. The lowest BCUT2D eigenvalue weighted by Crippen LogP contribution is -2.38. The van der Waals surface area contributed by atoms with Crippen LogP contribution in [0.4, 0.5) is 14.6 Å². The predicted molar refractivity (Wildman–Crippen MR) is 242 cm³/mol. The molecule has 2 aromatic carbocycles. The van der Waals surface area contributed by atoms with Crippen molar-refractivity contribution in [3.63, 3.8) is 0 Å². The van der Waals surface area contributed by atoms with Crippen molar-refractivity contribution in [3.05, 3.63) is 105 Å². The van der Waals surface area contributed by atoms with E-state index in [0.29, 0.717) is 27.3 Å². The SMILES string of the molecule is CC#CC#CC#CC#CC#COc1ccc(C(=O)Oc2ccc(CS[P@]3(=O)OC[C@H]4O[C@@H](n5cnc6c(N)ncnc65)[C@H](F)[C@@H]4OP(=O)(O)OC[C@H]4O[C@@H](n5ccc(=O)[nH]c5=O)[C@H](F)[C@@H]4O3)cc2)cc1. The summed E-state index contributed by atoms with van der Waals surface area (Å²) in [4.78, 5) is 62.3. The molecule has 26 heteroatoms. The number of ether oxygens (including phenoxy) is 4. The molecule has 3 fully saturated rings. The largest absolute Gasteiger partial charge is 0.472 e. The smallest absolute Gasteiger partial charge is 0.423 e. The van der Waals surface area contributed by atoms with Gasteiger partial charge in [0.05, 0.1) is 25.1 Å². The maximum Gasteiger partial charge on any atom is 0.472 e. The summed E-state index contributed by atoms with van der Waals surface area (Å²) in [5.41, 5.74) is 4.83. The first-order valence-corrected chi connectivity index (χ1v) is 24.9. The molecular formula is C44H33F2N7O14P2S. The minimum Gasteiger partial charge on any atom is -0.423 e. The molecule has 0 radical (unpaired) electrons. The molecule has 1 unspecified atom stereocenters. The Labute approximate surface area is 398 Å². The summed E-state index contributed by atoms with van der Waals surface area (Å²) in [5.74, 6) is 22.2. The number of halogens is 2. The second kappa shape index (κ2) is 21.7. The number of rotatable bonds is 8. The van der Waals surface area contributed by atoms with Gasteiger partial charge in [-0.1, -0.05) is 18.1 Å². The van der Waals surface area contributed by atoms with Crippen molar-refractivity contribution in [3.8, 4) is 70.9 Å². The van der Waals surface area contributed by atoms with Gasteiger partial charge in [0.15, 0.2) is 36.3 Å². The molecule has 4 N–H and O–H groups in total. The van der Waals surface area contributed by atoms with E-state index in [1.54, 1.807) is 6.92 Å². The fourth-order valence-corrected chi connectivity index (χ4v) is 11.1. The highest BCUT2D eigenvalue weighted by Crippen LogP contribution is 2.65. The fourth-order valence-electron chi connectivity index (χ4n) is 6.80. The number of hydrogen-bond donors (Lipinski definition) is 3.